The van der Waals surface area contributed by atoms with E-state index in [4.69, 9.17) is 26.2 Å². The van der Waals surface area contributed by atoms with Gasteiger partial charge in [-0.3, -0.25) is 4.79 Å². The van der Waals surface area contributed by atoms with Crippen molar-refractivity contribution in [2.45, 2.75) is 20.5 Å². The van der Waals surface area contributed by atoms with Crippen LogP contribution in [-0.4, -0.2) is 33.6 Å². The highest BCUT2D eigenvalue weighted by molar-refractivity contribution is 9.10. The van der Waals surface area contributed by atoms with E-state index in [9.17, 15) is 9.59 Å². The summed E-state index contributed by atoms with van der Waals surface area (Å²) < 4.78 is 14.2. The number of nitrogens with zero attached hydrogens (tertiary/aromatic N) is 3. The fourth-order valence-corrected chi connectivity index (χ4v) is 4.53. The van der Waals surface area contributed by atoms with Crippen molar-refractivity contribution in [2.24, 2.45) is 5.10 Å². The highest BCUT2D eigenvalue weighted by Gasteiger charge is 2.18. The molecule has 0 aliphatic rings. The van der Waals surface area contributed by atoms with Crippen LogP contribution in [-0.2, 0) is 6.61 Å². The summed E-state index contributed by atoms with van der Waals surface area (Å²) in [5.41, 5.74) is 1.79. The molecular weight excluding hydrogens is 630 g/mol. The van der Waals surface area contributed by atoms with E-state index in [-0.39, 0.29) is 22.8 Å². The summed E-state index contributed by atoms with van der Waals surface area (Å²) in [6.07, 6.45) is 1.49. The van der Waals surface area contributed by atoms with Gasteiger partial charge in [-0.1, -0.05) is 39.7 Å². The number of aromatic carboxylic acids is 1. The lowest BCUT2D eigenvalue weighted by molar-refractivity contribution is 0.0697. The molecule has 1 heterocycles. The van der Waals surface area contributed by atoms with Gasteiger partial charge in [-0.2, -0.15) is 9.78 Å². The molecule has 0 atom stereocenters. The van der Waals surface area contributed by atoms with Crippen LogP contribution < -0.4 is 15.0 Å². The number of halogens is 3. The maximum Gasteiger partial charge on any atom is 0.335 e. The number of benzene rings is 3. The quantitative estimate of drug-likeness (QED) is 0.221. The second kappa shape index (κ2) is 11.5. The fourth-order valence-electron chi connectivity index (χ4n) is 3.51. The van der Waals surface area contributed by atoms with E-state index in [1.54, 1.807) is 37.3 Å². The van der Waals surface area contributed by atoms with Crippen LogP contribution in [0.5, 0.6) is 11.5 Å². The summed E-state index contributed by atoms with van der Waals surface area (Å²) in [6, 6.07) is 13.4. The average Bonchev–Trinajstić information content (AvgIpc) is 2.87. The Morgan fingerprint density at radius 1 is 1.16 bits per heavy atom. The summed E-state index contributed by atoms with van der Waals surface area (Å²) in [4.78, 5) is 28.6. The Morgan fingerprint density at radius 3 is 2.57 bits per heavy atom. The molecule has 0 aliphatic carbocycles. The van der Waals surface area contributed by atoms with Gasteiger partial charge < -0.3 is 14.6 Å². The zero-order valence-corrected chi connectivity index (χ0v) is 23.6. The highest BCUT2D eigenvalue weighted by Crippen LogP contribution is 2.42. The number of carboxylic acids is 1. The predicted molar refractivity (Wildman–Crippen MR) is 149 cm³/mol. The van der Waals surface area contributed by atoms with Gasteiger partial charge in [0, 0.05) is 14.5 Å². The van der Waals surface area contributed by atoms with Crippen molar-refractivity contribution in [3.63, 3.8) is 0 Å². The molecule has 0 saturated carbocycles. The number of carbonyl (C=O) groups is 1. The average molecular weight is 650 g/mol. The van der Waals surface area contributed by atoms with Crippen molar-refractivity contribution in [3.05, 3.63) is 95.4 Å². The van der Waals surface area contributed by atoms with Gasteiger partial charge in [-0.05, 0) is 71.7 Å². The first-order chi connectivity index (χ1) is 17.7. The third kappa shape index (κ3) is 5.87. The number of aromatic nitrogens is 2. The van der Waals surface area contributed by atoms with Gasteiger partial charge in [0.15, 0.2) is 11.5 Å². The van der Waals surface area contributed by atoms with Crippen LogP contribution in [0.2, 0.25) is 5.02 Å². The molecule has 8 nitrogen and oxygen atoms in total. The molecule has 0 amide bonds. The normalized spacial score (nSPS) is 11.3. The minimum atomic E-state index is -1.000. The summed E-state index contributed by atoms with van der Waals surface area (Å²) in [7, 11) is 0. The molecule has 4 rings (SSSR count). The molecule has 4 aromatic rings. The van der Waals surface area contributed by atoms with Gasteiger partial charge in [0.25, 0.3) is 5.56 Å². The van der Waals surface area contributed by atoms with Crippen molar-refractivity contribution < 1.29 is 19.4 Å². The molecule has 0 aliphatic heterocycles. The number of aryl methyl sites for hydroxylation is 1. The van der Waals surface area contributed by atoms with Crippen molar-refractivity contribution in [3.8, 4) is 11.5 Å². The molecule has 1 aromatic heterocycles. The summed E-state index contributed by atoms with van der Waals surface area (Å²) in [5.74, 6) is 0.140. The molecule has 11 heteroatoms. The van der Waals surface area contributed by atoms with Crippen LogP contribution in [0.15, 0.2) is 67.4 Å². The van der Waals surface area contributed by atoms with Gasteiger partial charge in [0.2, 0.25) is 0 Å². The molecule has 1 N–H and O–H groups in total. The lowest BCUT2D eigenvalue weighted by Gasteiger charge is -2.16. The number of hydrogen-bond acceptors (Lipinski definition) is 6. The largest absolute Gasteiger partial charge is 0.490 e. The zero-order valence-electron chi connectivity index (χ0n) is 19.7. The van der Waals surface area contributed by atoms with E-state index in [0.29, 0.717) is 44.9 Å². The SMILES string of the molecule is CCOc1cc(C=Nn2c(C)nc3ccc(Br)cc3c2=O)c(Br)c(Cl)c1OCc1ccc(C(=O)O)cc1. The van der Waals surface area contributed by atoms with E-state index in [1.807, 2.05) is 13.0 Å². The van der Waals surface area contributed by atoms with Crippen molar-refractivity contribution in [2.75, 3.05) is 6.61 Å². The van der Waals surface area contributed by atoms with E-state index in [0.717, 1.165) is 10.0 Å². The fraction of sp³-hybridized carbons (Fsp3) is 0.154. The van der Waals surface area contributed by atoms with Gasteiger partial charge in [0.1, 0.15) is 17.5 Å². The minimum absolute atomic E-state index is 0.145. The Balaban J connectivity index is 1.67. The molecule has 0 spiro atoms. The third-order valence-electron chi connectivity index (χ3n) is 5.32. The van der Waals surface area contributed by atoms with Gasteiger partial charge in [-0.15, -0.1) is 0 Å². The van der Waals surface area contributed by atoms with Crippen LogP contribution in [0.4, 0.5) is 0 Å². The van der Waals surface area contributed by atoms with Gasteiger partial charge in [0.05, 0.1) is 29.3 Å². The standard InChI is InChI=1S/C26H20Br2ClN3O5/c1-3-36-21-10-17(12-30-32-14(2)31-20-9-8-18(27)11-19(20)25(32)33)22(28)23(29)24(21)37-13-15-4-6-16(7-5-15)26(34)35/h4-12H,3,13H2,1-2H3,(H,34,35). The summed E-state index contributed by atoms with van der Waals surface area (Å²) >= 11 is 13.5. The van der Waals surface area contributed by atoms with E-state index >= 15 is 0 Å². The third-order valence-corrected chi connectivity index (χ3v) is 7.26. The second-order valence-electron chi connectivity index (χ2n) is 7.83. The Kier molecular flexibility index (Phi) is 8.31. The first-order valence-corrected chi connectivity index (χ1v) is 13.0. The van der Waals surface area contributed by atoms with E-state index in [2.05, 4.69) is 41.9 Å². The Morgan fingerprint density at radius 2 is 1.89 bits per heavy atom. The van der Waals surface area contributed by atoms with Crippen molar-refractivity contribution >= 4 is 66.5 Å². The minimum Gasteiger partial charge on any atom is -0.490 e. The Labute approximate surface area is 233 Å². The number of fused-ring (bicyclic) bond motifs is 1. The monoisotopic (exact) mass is 647 g/mol. The van der Waals surface area contributed by atoms with Crippen molar-refractivity contribution in [1.82, 2.24) is 9.66 Å². The van der Waals surface area contributed by atoms with Crippen LogP contribution in [0, 0.1) is 6.92 Å². The summed E-state index contributed by atoms with van der Waals surface area (Å²) in [5, 5.41) is 14.1. The van der Waals surface area contributed by atoms with E-state index in [1.165, 1.54) is 23.0 Å². The molecule has 0 fully saturated rings. The Bertz CT molecular complexity index is 1590. The number of carboxylic acid groups (broad SMARTS) is 1. The highest BCUT2D eigenvalue weighted by atomic mass is 79.9. The number of hydrogen-bond donors (Lipinski definition) is 1. The zero-order chi connectivity index (χ0) is 26.7. The predicted octanol–water partition coefficient (Wildman–Crippen LogP) is 6.44. The van der Waals surface area contributed by atoms with Crippen LogP contribution in [0.3, 0.4) is 0 Å². The molecule has 0 radical (unpaired) electrons. The van der Waals surface area contributed by atoms with Crippen LogP contribution >= 0.6 is 43.5 Å². The molecule has 0 saturated heterocycles. The van der Waals surface area contributed by atoms with Crippen LogP contribution in [0.1, 0.15) is 34.2 Å². The number of rotatable bonds is 8. The molecule has 0 unspecified atom stereocenters. The van der Waals surface area contributed by atoms with Gasteiger partial charge >= 0.3 is 5.97 Å². The van der Waals surface area contributed by atoms with Crippen molar-refractivity contribution in [1.29, 1.82) is 0 Å². The number of ether oxygens (including phenoxy) is 2. The topological polar surface area (TPSA) is 103 Å². The van der Waals surface area contributed by atoms with Crippen LogP contribution in [0.25, 0.3) is 10.9 Å². The lowest BCUT2D eigenvalue weighted by Crippen LogP contribution is -2.20. The smallest absolute Gasteiger partial charge is 0.335 e. The second-order valence-corrected chi connectivity index (χ2v) is 9.91. The maximum atomic E-state index is 13.0. The maximum absolute atomic E-state index is 13.0. The lowest BCUT2D eigenvalue weighted by atomic mass is 10.1. The van der Waals surface area contributed by atoms with Gasteiger partial charge in [-0.25, -0.2) is 9.78 Å². The first-order valence-electron chi connectivity index (χ1n) is 11.0. The molecular formula is C26H20Br2ClN3O5. The summed E-state index contributed by atoms with van der Waals surface area (Å²) in [6.45, 7) is 4.04. The molecule has 190 valence electrons. The van der Waals surface area contributed by atoms with E-state index < -0.39 is 5.97 Å². The Hall–Kier alpha value is -3.21. The molecule has 37 heavy (non-hydrogen) atoms. The first kappa shape index (κ1) is 26.8. The molecule has 0 bridgehead atoms. The molecule has 3 aromatic carbocycles.